The summed E-state index contributed by atoms with van der Waals surface area (Å²) in [6.45, 7) is 0. The van der Waals surface area contributed by atoms with Gasteiger partial charge in [0.15, 0.2) is 0 Å². The number of carbonyl (C=O) groups excluding carboxylic acids is 1. The average molecular weight is 282 g/mol. The Morgan fingerprint density at radius 3 is 2.47 bits per heavy atom. The van der Waals surface area contributed by atoms with Gasteiger partial charge in [-0.05, 0) is 17.9 Å². The van der Waals surface area contributed by atoms with Gasteiger partial charge < -0.3 is 9.05 Å². The fraction of sp³-hybridized carbons (Fsp3) is 0.500. The minimum atomic E-state index is -3.06. The van der Waals surface area contributed by atoms with E-state index in [1.54, 1.807) is 0 Å². The molecule has 0 aromatic heterocycles. The molecule has 1 fully saturated rings. The molecule has 2 atom stereocenters. The Balaban J connectivity index is 1.85. The summed E-state index contributed by atoms with van der Waals surface area (Å²) in [7, 11) is -0.368. The van der Waals surface area contributed by atoms with Crippen molar-refractivity contribution >= 4 is 13.4 Å². The number of rotatable bonds is 7. The molecule has 0 heterocycles. The summed E-state index contributed by atoms with van der Waals surface area (Å²) < 4.78 is 21.5. The van der Waals surface area contributed by atoms with Gasteiger partial charge in [0.25, 0.3) is 0 Å². The zero-order valence-corrected chi connectivity index (χ0v) is 12.1. The van der Waals surface area contributed by atoms with Crippen LogP contribution in [-0.2, 0) is 18.4 Å². The summed E-state index contributed by atoms with van der Waals surface area (Å²) in [5.74, 6) is 0.561. The van der Waals surface area contributed by atoms with E-state index in [1.165, 1.54) is 19.8 Å². The molecule has 104 valence electrons. The lowest BCUT2D eigenvalue weighted by Crippen LogP contribution is -2.06. The molecule has 1 saturated carbocycles. The predicted octanol–water partition coefficient (Wildman–Crippen LogP) is 3.24. The molecule has 0 saturated heterocycles. The Hall–Kier alpha value is -0.960. The maximum Gasteiger partial charge on any atom is 0.330 e. The van der Waals surface area contributed by atoms with E-state index in [9.17, 15) is 9.36 Å². The van der Waals surface area contributed by atoms with E-state index in [-0.39, 0.29) is 24.3 Å². The number of hydrogen-bond acceptors (Lipinski definition) is 4. The third kappa shape index (κ3) is 3.53. The smallest absolute Gasteiger partial charge is 0.312 e. The Kier molecular flexibility index (Phi) is 4.56. The minimum Gasteiger partial charge on any atom is -0.312 e. The van der Waals surface area contributed by atoms with Crippen molar-refractivity contribution in [1.29, 1.82) is 0 Å². The fourth-order valence-electron chi connectivity index (χ4n) is 2.31. The Labute approximate surface area is 113 Å². The normalized spacial score (nSPS) is 22.2. The summed E-state index contributed by atoms with van der Waals surface area (Å²) in [6, 6.07) is 10.0. The SMILES string of the molecule is COP(=O)(CCC(=O)[C@H]1C[C@@H]1c1ccccc1)OC. The highest BCUT2D eigenvalue weighted by molar-refractivity contribution is 7.53. The van der Waals surface area contributed by atoms with Crippen LogP contribution in [0.5, 0.6) is 0 Å². The molecule has 0 radical (unpaired) electrons. The number of benzene rings is 1. The van der Waals surface area contributed by atoms with Crippen molar-refractivity contribution in [3.63, 3.8) is 0 Å². The van der Waals surface area contributed by atoms with E-state index in [4.69, 9.17) is 9.05 Å². The molecule has 1 aliphatic carbocycles. The second-order valence-electron chi connectivity index (χ2n) is 4.78. The van der Waals surface area contributed by atoms with Crippen LogP contribution in [0.4, 0.5) is 0 Å². The van der Waals surface area contributed by atoms with E-state index >= 15 is 0 Å². The van der Waals surface area contributed by atoms with Gasteiger partial charge in [-0.25, -0.2) is 0 Å². The number of hydrogen-bond donors (Lipinski definition) is 0. The van der Waals surface area contributed by atoms with Crippen LogP contribution in [0.15, 0.2) is 30.3 Å². The topological polar surface area (TPSA) is 52.6 Å². The molecule has 1 aromatic rings. The van der Waals surface area contributed by atoms with Crippen molar-refractivity contribution in [3.8, 4) is 0 Å². The van der Waals surface area contributed by atoms with Crippen LogP contribution in [0.3, 0.4) is 0 Å². The van der Waals surface area contributed by atoms with Crippen LogP contribution in [0.1, 0.15) is 24.3 Å². The molecule has 0 spiro atoms. The first-order chi connectivity index (χ1) is 9.09. The van der Waals surface area contributed by atoms with Crippen molar-refractivity contribution in [2.75, 3.05) is 20.4 Å². The molecule has 19 heavy (non-hydrogen) atoms. The lowest BCUT2D eigenvalue weighted by Gasteiger charge is -2.12. The van der Waals surface area contributed by atoms with Crippen LogP contribution in [0, 0.1) is 5.92 Å². The summed E-state index contributed by atoms with van der Waals surface area (Å²) in [5.41, 5.74) is 1.21. The molecular formula is C14H19O4P. The highest BCUT2D eigenvalue weighted by Gasteiger charge is 2.43. The zero-order chi connectivity index (χ0) is 13.9. The van der Waals surface area contributed by atoms with Crippen LogP contribution < -0.4 is 0 Å². The largest absolute Gasteiger partial charge is 0.330 e. The first-order valence-electron chi connectivity index (χ1n) is 6.38. The molecule has 1 aromatic carbocycles. The van der Waals surface area contributed by atoms with E-state index < -0.39 is 7.60 Å². The monoisotopic (exact) mass is 282 g/mol. The quantitative estimate of drug-likeness (QED) is 0.720. The van der Waals surface area contributed by atoms with E-state index in [0.717, 1.165) is 6.42 Å². The van der Waals surface area contributed by atoms with Gasteiger partial charge in [0.05, 0.1) is 6.16 Å². The van der Waals surface area contributed by atoms with Gasteiger partial charge >= 0.3 is 7.60 Å². The number of Topliss-reactive ketones (excluding diaryl/α,β-unsaturated/α-hetero) is 1. The Morgan fingerprint density at radius 1 is 1.26 bits per heavy atom. The first kappa shape index (κ1) is 14.4. The van der Waals surface area contributed by atoms with Gasteiger partial charge in [0.1, 0.15) is 5.78 Å². The third-order valence-corrected chi connectivity index (χ3v) is 5.50. The lowest BCUT2D eigenvalue weighted by atomic mass is 10.1. The summed E-state index contributed by atoms with van der Waals surface area (Å²) in [4.78, 5) is 12.0. The highest BCUT2D eigenvalue weighted by atomic mass is 31.2. The molecule has 5 heteroatoms. The minimum absolute atomic E-state index is 0.0737. The number of ketones is 1. The molecule has 0 aliphatic heterocycles. The average Bonchev–Trinajstić information content (AvgIpc) is 3.26. The van der Waals surface area contributed by atoms with Gasteiger partial charge in [-0.15, -0.1) is 0 Å². The molecule has 0 unspecified atom stereocenters. The van der Waals surface area contributed by atoms with Gasteiger partial charge in [-0.2, -0.15) is 0 Å². The van der Waals surface area contributed by atoms with Gasteiger partial charge in [0, 0.05) is 26.6 Å². The van der Waals surface area contributed by atoms with E-state index in [1.807, 2.05) is 30.3 Å². The first-order valence-corrected chi connectivity index (χ1v) is 8.10. The second kappa shape index (κ2) is 6.00. The van der Waals surface area contributed by atoms with Crippen molar-refractivity contribution < 1.29 is 18.4 Å². The molecule has 0 bridgehead atoms. The highest BCUT2D eigenvalue weighted by Crippen LogP contribution is 2.51. The second-order valence-corrected chi connectivity index (χ2v) is 7.17. The zero-order valence-electron chi connectivity index (χ0n) is 11.2. The van der Waals surface area contributed by atoms with E-state index in [2.05, 4.69) is 0 Å². The summed E-state index contributed by atoms with van der Waals surface area (Å²) >= 11 is 0. The van der Waals surface area contributed by atoms with Crippen LogP contribution in [-0.4, -0.2) is 26.2 Å². The lowest BCUT2D eigenvalue weighted by molar-refractivity contribution is -0.120. The summed E-state index contributed by atoms with van der Waals surface area (Å²) in [5, 5.41) is 0. The van der Waals surface area contributed by atoms with Gasteiger partial charge in [-0.3, -0.25) is 9.36 Å². The van der Waals surface area contributed by atoms with Gasteiger partial charge in [0.2, 0.25) is 0 Å². The van der Waals surface area contributed by atoms with Gasteiger partial charge in [-0.1, -0.05) is 30.3 Å². The number of carbonyl (C=O) groups is 1. The van der Waals surface area contributed by atoms with Crippen molar-refractivity contribution in [2.45, 2.75) is 18.8 Å². The Bertz CT molecular complexity index is 477. The molecular weight excluding hydrogens is 263 g/mol. The standard InChI is InChI=1S/C14H19O4P/c1-17-19(16,18-2)9-8-14(15)13-10-12(13)11-6-4-3-5-7-11/h3-7,12-13H,8-10H2,1-2H3/t12-,13+/m1/s1. The van der Waals surface area contributed by atoms with Crippen LogP contribution in [0.25, 0.3) is 0 Å². The maximum atomic E-state index is 12.0. The molecule has 0 N–H and O–H groups in total. The van der Waals surface area contributed by atoms with Crippen LogP contribution >= 0.6 is 7.60 Å². The third-order valence-electron chi connectivity index (χ3n) is 3.62. The molecule has 2 rings (SSSR count). The fourth-order valence-corrected chi connectivity index (χ4v) is 3.32. The van der Waals surface area contributed by atoms with Crippen molar-refractivity contribution in [2.24, 2.45) is 5.92 Å². The van der Waals surface area contributed by atoms with Crippen LogP contribution in [0.2, 0.25) is 0 Å². The van der Waals surface area contributed by atoms with E-state index in [0.29, 0.717) is 5.92 Å². The summed E-state index contributed by atoms with van der Waals surface area (Å²) in [6.07, 6.45) is 1.32. The Morgan fingerprint density at radius 2 is 1.89 bits per heavy atom. The molecule has 0 amide bonds. The maximum absolute atomic E-state index is 12.0. The van der Waals surface area contributed by atoms with Crippen molar-refractivity contribution in [3.05, 3.63) is 35.9 Å². The van der Waals surface area contributed by atoms with Crippen molar-refractivity contribution in [1.82, 2.24) is 0 Å². The predicted molar refractivity (Wildman–Crippen MR) is 73.4 cm³/mol. The molecule has 1 aliphatic rings. The molecule has 4 nitrogen and oxygen atoms in total.